The Labute approximate surface area is 181 Å². The molecule has 0 saturated heterocycles. The second-order valence-corrected chi connectivity index (χ2v) is 8.15. The van der Waals surface area contributed by atoms with Gasteiger partial charge in [0.1, 0.15) is 24.2 Å². The zero-order valence-corrected chi connectivity index (χ0v) is 17.4. The number of para-hydroxylation sites is 1. The number of rotatable bonds is 2. The van der Waals surface area contributed by atoms with Crippen molar-refractivity contribution in [2.45, 2.75) is 26.0 Å². The third kappa shape index (κ3) is 2.77. The average Bonchev–Trinajstić information content (AvgIpc) is 3.27. The first-order valence-corrected chi connectivity index (χ1v) is 10.5. The highest BCUT2D eigenvalue weighted by Crippen LogP contribution is 2.50. The highest BCUT2D eigenvalue weighted by atomic mass is 16.5. The van der Waals surface area contributed by atoms with Crippen LogP contribution in [0.5, 0.6) is 5.75 Å². The smallest absolute Gasteiger partial charge is 0.226 e. The van der Waals surface area contributed by atoms with Crippen molar-refractivity contribution in [1.82, 2.24) is 14.8 Å². The van der Waals surface area contributed by atoms with Crippen molar-refractivity contribution in [3.05, 3.63) is 113 Å². The lowest BCUT2D eigenvalue weighted by atomic mass is 9.83. The lowest BCUT2D eigenvalue weighted by molar-refractivity contribution is 0.222. The molecule has 4 aromatic rings. The lowest BCUT2D eigenvalue weighted by Gasteiger charge is -2.39. The maximum Gasteiger partial charge on any atom is 0.226 e. The van der Waals surface area contributed by atoms with Gasteiger partial charge < -0.3 is 10.1 Å². The molecule has 0 fully saturated rings. The fourth-order valence-corrected chi connectivity index (χ4v) is 4.63. The van der Waals surface area contributed by atoms with Crippen molar-refractivity contribution in [2.24, 2.45) is 0 Å². The van der Waals surface area contributed by atoms with E-state index in [9.17, 15) is 0 Å². The summed E-state index contributed by atoms with van der Waals surface area (Å²) in [6.07, 6.45) is 1.37. The van der Waals surface area contributed by atoms with E-state index < -0.39 is 0 Å². The molecule has 31 heavy (non-hydrogen) atoms. The number of anilines is 1. The van der Waals surface area contributed by atoms with Crippen molar-refractivity contribution in [3.8, 4) is 5.75 Å². The molecule has 0 unspecified atom stereocenters. The van der Waals surface area contributed by atoms with E-state index in [0.29, 0.717) is 0 Å². The van der Waals surface area contributed by atoms with Gasteiger partial charge in [0, 0.05) is 11.1 Å². The first kappa shape index (κ1) is 18.0. The summed E-state index contributed by atoms with van der Waals surface area (Å²) in [5.41, 5.74) is 8.00. The van der Waals surface area contributed by atoms with Gasteiger partial charge in [0.2, 0.25) is 5.95 Å². The van der Waals surface area contributed by atoms with Gasteiger partial charge in [-0.3, -0.25) is 0 Å². The van der Waals surface area contributed by atoms with Crippen LogP contribution >= 0.6 is 0 Å². The van der Waals surface area contributed by atoms with Crippen LogP contribution in [0.25, 0.3) is 5.70 Å². The van der Waals surface area contributed by atoms with Gasteiger partial charge in [-0.15, -0.1) is 0 Å². The number of nitrogens with one attached hydrogen (secondary N) is 1. The van der Waals surface area contributed by atoms with E-state index in [2.05, 4.69) is 83.8 Å². The van der Waals surface area contributed by atoms with E-state index in [1.54, 1.807) is 6.33 Å². The predicted molar refractivity (Wildman–Crippen MR) is 121 cm³/mol. The molecule has 1 aromatic heterocycles. The molecule has 0 radical (unpaired) electrons. The van der Waals surface area contributed by atoms with Gasteiger partial charge in [-0.1, -0.05) is 66.2 Å². The van der Waals surface area contributed by atoms with Gasteiger partial charge >= 0.3 is 0 Å². The van der Waals surface area contributed by atoms with E-state index in [0.717, 1.165) is 39.7 Å². The summed E-state index contributed by atoms with van der Waals surface area (Å²) in [6.45, 7) is 4.24. The quantitative estimate of drug-likeness (QED) is 0.481. The van der Waals surface area contributed by atoms with Crippen LogP contribution in [-0.2, 0) is 0 Å². The van der Waals surface area contributed by atoms with Crippen LogP contribution in [0.4, 0.5) is 5.95 Å². The molecule has 0 spiro atoms. The highest BCUT2D eigenvalue weighted by Gasteiger charge is 2.41. The maximum absolute atomic E-state index is 6.68. The van der Waals surface area contributed by atoms with Crippen LogP contribution in [0.2, 0.25) is 0 Å². The molecule has 152 valence electrons. The molecule has 0 saturated carbocycles. The summed E-state index contributed by atoms with van der Waals surface area (Å²) in [4.78, 5) is 4.50. The van der Waals surface area contributed by atoms with Gasteiger partial charge in [0.05, 0.1) is 5.70 Å². The maximum atomic E-state index is 6.68. The molecule has 5 nitrogen and oxygen atoms in total. The minimum Gasteiger partial charge on any atom is -0.480 e. The molecule has 2 aliphatic rings. The monoisotopic (exact) mass is 406 g/mol. The summed E-state index contributed by atoms with van der Waals surface area (Å²) in [5.74, 6) is 1.61. The molecule has 0 bridgehead atoms. The molecule has 1 N–H and O–H groups in total. The SMILES string of the molecule is Cc1ccc([C@@H]2C3=C(Nc4ncnn42)c2ccccc2O[C@H]3c2ccccc2C)cc1. The van der Waals surface area contributed by atoms with Crippen molar-refractivity contribution in [2.75, 3.05) is 5.32 Å². The molecule has 3 aromatic carbocycles. The topological polar surface area (TPSA) is 52.0 Å². The fraction of sp³-hybridized carbons (Fsp3) is 0.154. The number of hydrogen-bond acceptors (Lipinski definition) is 4. The molecule has 2 atom stereocenters. The highest BCUT2D eigenvalue weighted by molar-refractivity contribution is 5.85. The molecule has 0 amide bonds. The number of aryl methyl sites for hydroxylation is 2. The summed E-state index contributed by atoms with van der Waals surface area (Å²) < 4.78 is 8.64. The summed E-state index contributed by atoms with van der Waals surface area (Å²) in [7, 11) is 0. The summed E-state index contributed by atoms with van der Waals surface area (Å²) >= 11 is 0. The normalized spacial score (nSPS) is 19.0. The Morgan fingerprint density at radius 2 is 1.68 bits per heavy atom. The Balaban J connectivity index is 1.65. The standard InChI is InChI=1S/C26H22N4O/c1-16-11-13-18(14-12-16)24-22-23(29-26-27-15-28-30(24)26)20-9-5-6-10-21(20)31-25(22)19-8-4-3-7-17(19)2/h3-15,24-25H,1-2H3,(H,27,28,29)/t24-,25+/m1/s1. The Morgan fingerprint density at radius 1 is 0.903 bits per heavy atom. The van der Waals surface area contributed by atoms with Gasteiger partial charge in [-0.2, -0.15) is 10.1 Å². The lowest BCUT2D eigenvalue weighted by Crippen LogP contribution is -2.32. The van der Waals surface area contributed by atoms with Crippen molar-refractivity contribution in [3.63, 3.8) is 0 Å². The van der Waals surface area contributed by atoms with Gasteiger partial charge in [-0.25, -0.2) is 4.68 Å². The Morgan fingerprint density at radius 3 is 2.52 bits per heavy atom. The molecular formula is C26H22N4O. The second-order valence-electron chi connectivity index (χ2n) is 8.15. The zero-order valence-electron chi connectivity index (χ0n) is 17.4. The minimum atomic E-state index is -0.234. The average molecular weight is 406 g/mol. The summed E-state index contributed by atoms with van der Waals surface area (Å²) in [5, 5.41) is 8.14. The zero-order chi connectivity index (χ0) is 20.9. The second kappa shape index (κ2) is 6.84. The Hall–Kier alpha value is -3.86. The van der Waals surface area contributed by atoms with Crippen LogP contribution in [0.3, 0.4) is 0 Å². The summed E-state index contributed by atoms with van der Waals surface area (Å²) in [6, 6.07) is 25.2. The third-order valence-electron chi connectivity index (χ3n) is 6.19. The number of nitrogens with zero attached hydrogens (tertiary/aromatic N) is 3. The third-order valence-corrected chi connectivity index (χ3v) is 6.19. The van der Waals surface area contributed by atoms with Crippen LogP contribution in [0, 0.1) is 13.8 Å². The van der Waals surface area contributed by atoms with E-state index in [4.69, 9.17) is 4.74 Å². The number of benzene rings is 3. The predicted octanol–water partition coefficient (Wildman–Crippen LogP) is 5.45. The van der Waals surface area contributed by atoms with E-state index >= 15 is 0 Å². The van der Waals surface area contributed by atoms with Gasteiger partial charge in [-0.05, 0) is 42.7 Å². The number of fused-ring (bicyclic) bond motifs is 3. The Kier molecular flexibility index (Phi) is 3.96. The Bertz CT molecular complexity index is 1320. The van der Waals surface area contributed by atoms with E-state index in [1.807, 2.05) is 22.9 Å². The van der Waals surface area contributed by atoms with Gasteiger partial charge in [0.25, 0.3) is 0 Å². The van der Waals surface area contributed by atoms with Crippen molar-refractivity contribution in [1.29, 1.82) is 0 Å². The molecule has 0 aliphatic carbocycles. The number of ether oxygens (including phenoxy) is 1. The van der Waals surface area contributed by atoms with Crippen molar-refractivity contribution >= 4 is 11.6 Å². The molecule has 3 heterocycles. The van der Waals surface area contributed by atoms with Crippen LogP contribution < -0.4 is 10.1 Å². The molecular weight excluding hydrogens is 384 g/mol. The van der Waals surface area contributed by atoms with E-state index in [1.165, 1.54) is 11.1 Å². The van der Waals surface area contributed by atoms with Crippen LogP contribution in [0.15, 0.2) is 84.7 Å². The van der Waals surface area contributed by atoms with Gasteiger partial charge in [0.15, 0.2) is 0 Å². The number of aromatic nitrogens is 3. The van der Waals surface area contributed by atoms with E-state index in [-0.39, 0.29) is 12.1 Å². The number of hydrogen-bond donors (Lipinski definition) is 1. The largest absolute Gasteiger partial charge is 0.480 e. The van der Waals surface area contributed by atoms with Crippen LogP contribution in [-0.4, -0.2) is 14.8 Å². The van der Waals surface area contributed by atoms with Crippen LogP contribution in [0.1, 0.15) is 40.0 Å². The molecule has 5 heteroatoms. The van der Waals surface area contributed by atoms with Crippen molar-refractivity contribution < 1.29 is 4.74 Å². The molecule has 2 aliphatic heterocycles. The first-order valence-electron chi connectivity index (χ1n) is 10.5. The molecule has 6 rings (SSSR count). The first-order chi connectivity index (χ1) is 15.2. The fourth-order valence-electron chi connectivity index (χ4n) is 4.63. The minimum absolute atomic E-state index is 0.118.